The second-order valence-electron chi connectivity index (χ2n) is 17.8. The third-order valence-electron chi connectivity index (χ3n) is 12.1. The fourth-order valence-electron chi connectivity index (χ4n) is 8.28. The van der Waals surface area contributed by atoms with E-state index < -0.39 is 59.1 Å². The number of carbonyl (C=O) groups excluding carboxylic acids is 6. The molecule has 0 bridgehead atoms. The van der Waals surface area contributed by atoms with Crippen LogP contribution in [0.1, 0.15) is 114 Å². The Morgan fingerprint density at radius 1 is 0.804 bits per heavy atom. The van der Waals surface area contributed by atoms with Crippen LogP contribution in [0.3, 0.4) is 0 Å². The summed E-state index contributed by atoms with van der Waals surface area (Å²) in [5, 5.41) is 8.56. The first-order chi connectivity index (χ1) is 23.7. The number of morpholine rings is 1. The van der Waals surface area contributed by atoms with E-state index in [1.54, 1.807) is 9.80 Å². The number of primary amides is 1. The number of hydrogen-bond donors (Lipinski definition) is 4. The zero-order valence-corrected chi connectivity index (χ0v) is 32.4. The Balaban J connectivity index is 1.56. The Bertz CT molecular complexity index is 1310. The molecule has 51 heavy (non-hydrogen) atoms. The van der Waals surface area contributed by atoms with Gasteiger partial charge < -0.3 is 36.2 Å². The molecule has 0 radical (unpaired) electrons. The summed E-state index contributed by atoms with van der Waals surface area (Å²) in [7, 11) is 0. The Kier molecular flexibility index (Phi) is 12.9. The van der Waals surface area contributed by atoms with Crippen LogP contribution in [-0.2, 0) is 28.7 Å². The molecule has 3 unspecified atom stereocenters. The van der Waals surface area contributed by atoms with Crippen molar-refractivity contribution in [3.8, 4) is 0 Å². The minimum absolute atomic E-state index is 0.00452. The molecule has 2 saturated carbocycles. The zero-order chi connectivity index (χ0) is 38.0. The second kappa shape index (κ2) is 16.2. The molecule has 13 heteroatoms. The fraction of sp³-hybridized carbons (Fsp3) is 0.842. The number of ether oxygens (including phenoxy) is 1. The maximum absolute atomic E-state index is 14.7. The summed E-state index contributed by atoms with van der Waals surface area (Å²) >= 11 is 0. The Hall–Kier alpha value is -3.22. The number of Topliss-reactive ketones (excluding diaryl/α,β-unsaturated/α-hetero) is 1. The van der Waals surface area contributed by atoms with Gasteiger partial charge in [0.15, 0.2) is 0 Å². The summed E-state index contributed by atoms with van der Waals surface area (Å²) in [6.07, 6.45) is 6.66. The predicted octanol–water partition coefficient (Wildman–Crippen LogP) is 3.13. The molecule has 6 amide bonds. The van der Waals surface area contributed by atoms with Gasteiger partial charge in [0.05, 0.1) is 18.2 Å². The standard InChI is InChI=1S/C38H64N6O7/c1-21(2)29(34(48)43-18-22(3)51-23(4)19-43)41-36(50)42-31(37(5,6)7)35(49)44-20-26(38(8,9)25-14-11-15-25)17-28(44)33(47)40-27(30(45)32(39)46)16-24-12-10-13-24/h21-29,31H,10-20H2,1-9H3,(H2,39,46)(H,40,47)(H2,41,42,50)/t22-,23+,26?,27?,28-,29-,31?/m0/s1. The quantitative estimate of drug-likeness (QED) is 0.211. The van der Waals surface area contributed by atoms with Gasteiger partial charge in [-0.15, -0.1) is 0 Å². The monoisotopic (exact) mass is 716 g/mol. The molecule has 4 aliphatic rings. The van der Waals surface area contributed by atoms with E-state index in [0.717, 1.165) is 38.5 Å². The summed E-state index contributed by atoms with van der Waals surface area (Å²) in [6, 6.07) is -4.48. The van der Waals surface area contributed by atoms with E-state index in [-0.39, 0.29) is 41.3 Å². The van der Waals surface area contributed by atoms with Crippen LogP contribution in [0.15, 0.2) is 0 Å². The van der Waals surface area contributed by atoms with Crippen LogP contribution < -0.4 is 21.7 Å². The number of rotatable bonds is 13. The van der Waals surface area contributed by atoms with Crippen LogP contribution in [0, 0.1) is 34.5 Å². The van der Waals surface area contributed by atoms with Gasteiger partial charge in [-0.1, -0.05) is 74.1 Å². The van der Waals surface area contributed by atoms with Gasteiger partial charge in [-0.2, -0.15) is 0 Å². The van der Waals surface area contributed by atoms with Crippen LogP contribution in [0.2, 0.25) is 0 Å². The fourth-order valence-corrected chi connectivity index (χ4v) is 8.28. The highest BCUT2D eigenvalue weighted by Crippen LogP contribution is 2.50. The highest BCUT2D eigenvalue weighted by atomic mass is 16.5. The molecular weight excluding hydrogens is 652 g/mol. The number of amides is 6. The third-order valence-corrected chi connectivity index (χ3v) is 12.1. The van der Waals surface area contributed by atoms with Crippen molar-refractivity contribution in [2.45, 2.75) is 150 Å². The van der Waals surface area contributed by atoms with Gasteiger partial charge in [0.25, 0.3) is 5.91 Å². The van der Waals surface area contributed by atoms with E-state index in [4.69, 9.17) is 10.5 Å². The van der Waals surface area contributed by atoms with E-state index in [9.17, 15) is 28.8 Å². The number of hydrogen-bond acceptors (Lipinski definition) is 7. The molecule has 7 atom stereocenters. The summed E-state index contributed by atoms with van der Waals surface area (Å²) < 4.78 is 5.80. The van der Waals surface area contributed by atoms with Gasteiger partial charge in [-0.25, -0.2) is 4.79 Å². The molecule has 0 aromatic heterocycles. The van der Waals surface area contributed by atoms with Crippen molar-refractivity contribution >= 4 is 35.4 Å². The van der Waals surface area contributed by atoms with Crippen molar-refractivity contribution in [2.75, 3.05) is 19.6 Å². The van der Waals surface area contributed by atoms with E-state index in [2.05, 4.69) is 29.8 Å². The molecule has 4 rings (SSSR count). The van der Waals surface area contributed by atoms with Gasteiger partial charge in [0, 0.05) is 19.6 Å². The molecule has 13 nitrogen and oxygen atoms in total. The number of ketones is 1. The van der Waals surface area contributed by atoms with Gasteiger partial charge in [-0.05, 0) is 74.0 Å². The lowest BCUT2D eigenvalue weighted by Crippen LogP contribution is -2.62. The second-order valence-corrected chi connectivity index (χ2v) is 17.8. The lowest BCUT2D eigenvalue weighted by molar-refractivity contribution is -0.146. The van der Waals surface area contributed by atoms with Crippen LogP contribution >= 0.6 is 0 Å². The minimum Gasteiger partial charge on any atom is -0.372 e. The SMILES string of the molecule is CC(C)[C@H](NC(=O)NC(C(=O)N1CC(C(C)(C)C2CCC2)C[C@H]1C(=O)NC(CC1CCC1)C(=O)C(N)=O)C(C)(C)C)C(=O)N1C[C@@H](C)O[C@@H](C)C1. The average molecular weight is 717 g/mol. The number of nitrogens with two attached hydrogens (primary N) is 1. The number of carbonyl (C=O) groups is 6. The average Bonchev–Trinajstić information content (AvgIpc) is 3.43. The van der Waals surface area contributed by atoms with Gasteiger partial charge in [0.1, 0.15) is 18.1 Å². The highest BCUT2D eigenvalue weighted by molar-refractivity contribution is 6.37. The Morgan fingerprint density at radius 3 is 1.86 bits per heavy atom. The third kappa shape index (κ3) is 9.61. The predicted molar refractivity (Wildman–Crippen MR) is 193 cm³/mol. The summed E-state index contributed by atoms with van der Waals surface area (Å²) in [4.78, 5) is 84.3. The molecule has 5 N–H and O–H groups in total. The first-order valence-electron chi connectivity index (χ1n) is 19.2. The number of urea groups is 1. The smallest absolute Gasteiger partial charge is 0.316 e. The highest BCUT2D eigenvalue weighted by Gasteiger charge is 2.51. The number of nitrogens with one attached hydrogen (secondary N) is 3. The first kappa shape index (κ1) is 40.5. The van der Waals surface area contributed by atoms with Crippen LogP contribution in [-0.4, -0.2) is 101 Å². The maximum atomic E-state index is 14.7. The van der Waals surface area contributed by atoms with E-state index in [1.165, 1.54) is 0 Å². The van der Waals surface area contributed by atoms with E-state index in [1.807, 2.05) is 48.5 Å². The molecule has 288 valence electrons. The normalized spacial score (nSPS) is 26.4. The van der Waals surface area contributed by atoms with Crippen LogP contribution in [0.25, 0.3) is 0 Å². The van der Waals surface area contributed by atoms with Crippen molar-refractivity contribution in [3.63, 3.8) is 0 Å². The molecule has 2 heterocycles. The van der Waals surface area contributed by atoms with Gasteiger partial charge in [-0.3, -0.25) is 24.0 Å². The van der Waals surface area contributed by atoms with Gasteiger partial charge in [0.2, 0.25) is 23.5 Å². The summed E-state index contributed by atoms with van der Waals surface area (Å²) in [5.74, 6) is -2.59. The minimum atomic E-state index is -1.10. The number of likely N-dealkylation sites (tertiary alicyclic amines) is 1. The van der Waals surface area contributed by atoms with Gasteiger partial charge >= 0.3 is 6.03 Å². The summed E-state index contributed by atoms with van der Waals surface area (Å²) in [5.41, 5.74) is 4.47. The molecule has 4 fully saturated rings. The topological polar surface area (TPSA) is 180 Å². The van der Waals surface area contributed by atoms with Crippen molar-refractivity contribution < 1.29 is 33.5 Å². The Labute approximate surface area is 304 Å². The molecule has 0 aromatic carbocycles. The lowest BCUT2D eigenvalue weighted by Gasteiger charge is -2.44. The molecular formula is C38H64N6O7. The van der Waals surface area contributed by atoms with Crippen molar-refractivity contribution in [1.29, 1.82) is 0 Å². The molecule has 0 aromatic rings. The molecule has 2 saturated heterocycles. The maximum Gasteiger partial charge on any atom is 0.316 e. The zero-order valence-electron chi connectivity index (χ0n) is 32.4. The Morgan fingerprint density at radius 2 is 1.39 bits per heavy atom. The molecule has 2 aliphatic carbocycles. The van der Waals surface area contributed by atoms with Crippen molar-refractivity contribution in [1.82, 2.24) is 25.8 Å². The van der Waals surface area contributed by atoms with Crippen molar-refractivity contribution in [3.05, 3.63) is 0 Å². The van der Waals surface area contributed by atoms with E-state index in [0.29, 0.717) is 38.4 Å². The summed E-state index contributed by atoms with van der Waals surface area (Å²) in [6.45, 7) is 18.6. The molecule has 0 spiro atoms. The molecule has 2 aliphatic heterocycles. The largest absolute Gasteiger partial charge is 0.372 e. The van der Waals surface area contributed by atoms with Crippen LogP contribution in [0.5, 0.6) is 0 Å². The lowest BCUT2D eigenvalue weighted by atomic mass is 9.61. The number of nitrogens with zero attached hydrogens (tertiary/aromatic N) is 2. The first-order valence-corrected chi connectivity index (χ1v) is 19.2. The van der Waals surface area contributed by atoms with Crippen molar-refractivity contribution in [2.24, 2.45) is 40.2 Å². The van der Waals surface area contributed by atoms with Crippen LogP contribution in [0.4, 0.5) is 4.79 Å². The van der Waals surface area contributed by atoms with E-state index >= 15 is 0 Å².